The van der Waals surface area contributed by atoms with Crippen molar-refractivity contribution in [1.29, 1.82) is 0 Å². The molecule has 0 N–H and O–H groups in total. The number of aromatic nitrogens is 2. The van der Waals surface area contributed by atoms with Crippen LogP contribution in [0.4, 0.5) is 11.5 Å². The molecule has 1 saturated heterocycles. The van der Waals surface area contributed by atoms with Gasteiger partial charge in [-0.3, -0.25) is 9.36 Å². The predicted molar refractivity (Wildman–Crippen MR) is 106 cm³/mol. The molecule has 2 aliphatic heterocycles. The zero-order valence-corrected chi connectivity index (χ0v) is 16.1. The second-order valence-electron chi connectivity index (χ2n) is 6.53. The molecule has 2 aromatic rings. The van der Waals surface area contributed by atoms with E-state index in [1.807, 2.05) is 23.6 Å². The number of hydrogen-bond acceptors (Lipinski definition) is 6. The monoisotopic (exact) mass is 372 g/mol. The van der Waals surface area contributed by atoms with E-state index in [9.17, 15) is 4.79 Å². The summed E-state index contributed by atoms with van der Waals surface area (Å²) in [4.78, 5) is 22.3. The number of methoxy groups -OCH3 is 1. The Morgan fingerprint density at radius 3 is 2.42 bits per heavy atom. The molecule has 0 aliphatic carbocycles. The first kappa shape index (κ1) is 17.3. The van der Waals surface area contributed by atoms with E-state index < -0.39 is 0 Å². The van der Waals surface area contributed by atoms with Crippen LogP contribution in [0.15, 0.2) is 34.2 Å². The standard InChI is InChI=1S/C19H24N4O2S/c1-3-16-17(20-19-23(18(16)24)12-13-26-19)22-10-8-21(9-11-22)14-4-6-15(25-2)7-5-14/h4-7H,3,8-13H2,1-2H3. The van der Waals surface area contributed by atoms with Crippen LogP contribution in [0, 0.1) is 0 Å². The molecule has 3 heterocycles. The summed E-state index contributed by atoms with van der Waals surface area (Å²) >= 11 is 1.68. The van der Waals surface area contributed by atoms with Gasteiger partial charge >= 0.3 is 0 Å². The lowest BCUT2D eigenvalue weighted by molar-refractivity contribution is 0.415. The fourth-order valence-electron chi connectivity index (χ4n) is 3.64. The van der Waals surface area contributed by atoms with Crippen LogP contribution >= 0.6 is 11.8 Å². The van der Waals surface area contributed by atoms with Crippen LogP contribution in [0.1, 0.15) is 12.5 Å². The van der Waals surface area contributed by atoms with E-state index in [1.54, 1.807) is 18.9 Å². The second kappa shape index (κ2) is 7.23. The Morgan fingerprint density at radius 2 is 1.77 bits per heavy atom. The van der Waals surface area contributed by atoms with Gasteiger partial charge in [-0.1, -0.05) is 18.7 Å². The highest BCUT2D eigenvalue weighted by Crippen LogP contribution is 2.27. The highest BCUT2D eigenvalue weighted by molar-refractivity contribution is 7.99. The third kappa shape index (κ3) is 3.05. The van der Waals surface area contributed by atoms with Gasteiger partial charge in [0.05, 0.1) is 12.7 Å². The van der Waals surface area contributed by atoms with Gasteiger partial charge in [0.2, 0.25) is 0 Å². The van der Waals surface area contributed by atoms with Crippen LogP contribution in [-0.2, 0) is 13.0 Å². The topological polar surface area (TPSA) is 50.6 Å². The molecule has 0 amide bonds. The first-order valence-corrected chi connectivity index (χ1v) is 10.1. The van der Waals surface area contributed by atoms with E-state index in [4.69, 9.17) is 9.72 Å². The molecular formula is C19H24N4O2S. The molecule has 4 rings (SSSR count). The minimum absolute atomic E-state index is 0.148. The smallest absolute Gasteiger partial charge is 0.259 e. The molecule has 0 unspecified atom stereocenters. The quantitative estimate of drug-likeness (QED) is 0.768. The van der Waals surface area contributed by atoms with E-state index in [-0.39, 0.29) is 5.56 Å². The number of ether oxygens (including phenoxy) is 1. The van der Waals surface area contributed by atoms with Crippen LogP contribution < -0.4 is 20.1 Å². The molecule has 26 heavy (non-hydrogen) atoms. The Bertz CT molecular complexity index is 842. The molecule has 2 aliphatic rings. The van der Waals surface area contributed by atoms with E-state index >= 15 is 0 Å². The number of benzene rings is 1. The number of anilines is 2. The second-order valence-corrected chi connectivity index (χ2v) is 7.59. The largest absolute Gasteiger partial charge is 0.497 e. The summed E-state index contributed by atoms with van der Waals surface area (Å²) in [7, 11) is 1.68. The summed E-state index contributed by atoms with van der Waals surface area (Å²) < 4.78 is 7.07. The number of rotatable bonds is 4. The lowest BCUT2D eigenvalue weighted by Crippen LogP contribution is -2.47. The van der Waals surface area contributed by atoms with Crippen molar-refractivity contribution in [3.8, 4) is 5.75 Å². The average Bonchev–Trinajstić information content (AvgIpc) is 3.17. The van der Waals surface area contributed by atoms with Crippen LogP contribution in [-0.4, -0.2) is 48.6 Å². The van der Waals surface area contributed by atoms with Crippen LogP contribution in [0.25, 0.3) is 0 Å². The van der Waals surface area contributed by atoms with Gasteiger partial charge in [0, 0.05) is 44.2 Å². The molecule has 6 nitrogen and oxygen atoms in total. The van der Waals surface area contributed by atoms with Crippen molar-refractivity contribution in [2.45, 2.75) is 25.0 Å². The Labute approximate surface area is 157 Å². The summed E-state index contributed by atoms with van der Waals surface area (Å²) in [6.07, 6.45) is 0.727. The van der Waals surface area contributed by atoms with Gasteiger partial charge in [0.15, 0.2) is 5.16 Å². The molecule has 1 aromatic heterocycles. The van der Waals surface area contributed by atoms with Gasteiger partial charge in [-0.05, 0) is 30.7 Å². The van der Waals surface area contributed by atoms with E-state index in [2.05, 4.69) is 21.9 Å². The van der Waals surface area contributed by atoms with Crippen molar-refractivity contribution in [2.75, 3.05) is 48.8 Å². The maximum Gasteiger partial charge on any atom is 0.259 e. The Kier molecular flexibility index (Phi) is 4.80. The van der Waals surface area contributed by atoms with Crippen LogP contribution in [0.3, 0.4) is 0 Å². The van der Waals surface area contributed by atoms with Gasteiger partial charge in [-0.15, -0.1) is 0 Å². The molecule has 138 valence electrons. The Balaban J connectivity index is 1.53. The fraction of sp³-hybridized carbons (Fsp3) is 0.474. The summed E-state index contributed by atoms with van der Waals surface area (Å²) in [5.74, 6) is 2.72. The van der Waals surface area contributed by atoms with Crippen molar-refractivity contribution in [1.82, 2.24) is 9.55 Å². The Hall–Kier alpha value is -2.15. The first-order chi connectivity index (χ1) is 12.7. The summed E-state index contributed by atoms with van der Waals surface area (Å²) in [6, 6.07) is 8.19. The Morgan fingerprint density at radius 1 is 1.08 bits per heavy atom. The molecule has 0 radical (unpaired) electrons. The van der Waals surface area contributed by atoms with E-state index in [0.717, 1.165) is 67.2 Å². The molecule has 7 heteroatoms. The molecular weight excluding hydrogens is 348 g/mol. The highest BCUT2D eigenvalue weighted by Gasteiger charge is 2.25. The normalized spacial score (nSPS) is 16.7. The summed E-state index contributed by atoms with van der Waals surface area (Å²) in [5, 5.41) is 0.875. The lowest BCUT2D eigenvalue weighted by atomic mass is 10.2. The first-order valence-electron chi connectivity index (χ1n) is 9.11. The fourth-order valence-corrected chi connectivity index (χ4v) is 4.58. The van der Waals surface area contributed by atoms with Crippen LogP contribution in [0.5, 0.6) is 5.75 Å². The molecule has 1 fully saturated rings. The lowest BCUT2D eigenvalue weighted by Gasteiger charge is -2.37. The zero-order valence-electron chi connectivity index (χ0n) is 15.3. The maximum absolute atomic E-state index is 12.8. The predicted octanol–water partition coefficient (Wildman–Crippen LogP) is 2.25. The number of nitrogens with zero attached hydrogens (tertiary/aromatic N) is 4. The van der Waals surface area contributed by atoms with Gasteiger partial charge < -0.3 is 14.5 Å². The van der Waals surface area contributed by atoms with Gasteiger partial charge in [-0.2, -0.15) is 0 Å². The third-order valence-corrected chi connectivity index (χ3v) is 6.08. The summed E-state index contributed by atoms with van der Waals surface area (Å²) in [6.45, 7) is 6.42. The van der Waals surface area contributed by atoms with Crippen molar-refractivity contribution >= 4 is 23.3 Å². The third-order valence-electron chi connectivity index (χ3n) is 5.12. The average molecular weight is 372 g/mol. The van der Waals surface area contributed by atoms with E-state index in [0.29, 0.717) is 0 Å². The minimum Gasteiger partial charge on any atom is -0.497 e. The molecule has 0 bridgehead atoms. The number of thioether (sulfide) groups is 1. The van der Waals surface area contributed by atoms with Gasteiger partial charge in [0.25, 0.3) is 5.56 Å². The SMILES string of the molecule is CCc1c(N2CCN(c3ccc(OC)cc3)CC2)nc2n(c1=O)CCS2. The number of fused-ring (bicyclic) bond motifs is 1. The van der Waals surface area contributed by atoms with Gasteiger partial charge in [-0.25, -0.2) is 4.98 Å². The minimum atomic E-state index is 0.148. The molecule has 0 atom stereocenters. The maximum atomic E-state index is 12.8. The van der Waals surface area contributed by atoms with E-state index in [1.165, 1.54) is 5.69 Å². The molecule has 0 spiro atoms. The van der Waals surface area contributed by atoms with Crippen molar-refractivity contribution in [3.05, 3.63) is 40.2 Å². The highest BCUT2D eigenvalue weighted by atomic mass is 32.2. The van der Waals surface area contributed by atoms with Crippen molar-refractivity contribution in [3.63, 3.8) is 0 Å². The van der Waals surface area contributed by atoms with Crippen molar-refractivity contribution in [2.24, 2.45) is 0 Å². The van der Waals surface area contributed by atoms with Gasteiger partial charge in [0.1, 0.15) is 11.6 Å². The number of hydrogen-bond donors (Lipinski definition) is 0. The van der Waals surface area contributed by atoms with Crippen molar-refractivity contribution < 1.29 is 4.74 Å². The van der Waals surface area contributed by atoms with Crippen LogP contribution in [0.2, 0.25) is 0 Å². The molecule has 1 aromatic carbocycles. The molecule has 0 saturated carbocycles. The summed E-state index contributed by atoms with van der Waals surface area (Å²) in [5.41, 5.74) is 2.21. The number of piperazine rings is 1. The zero-order chi connectivity index (χ0) is 18.1.